The van der Waals surface area contributed by atoms with E-state index in [2.05, 4.69) is 26.1 Å². The van der Waals surface area contributed by atoms with Gasteiger partial charge in [0.25, 0.3) is 5.91 Å². The first-order valence-corrected chi connectivity index (χ1v) is 7.82. The highest BCUT2D eigenvalue weighted by molar-refractivity contribution is 9.10. The van der Waals surface area contributed by atoms with E-state index >= 15 is 0 Å². The molecule has 2 rings (SSSR count). The molecule has 0 radical (unpaired) electrons. The molecule has 1 fully saturated rings. The van der Waals surface area contributed by atoms with E-state index in [4.69, 9.17) is 0 Å². The van der Waals surface area contributed by atoms with Gasteiger partial charge in [0.2, 0.25) is 0 Å². The van der Waals surface area contributed by atoms with Gasteiger partial charge in [0.1, 0.15) is 0 Å². The van der Waals surface area contributed by atoms with Crippen LogP contribution in [0.15, 0.2) is 28.7 Å². The summed E-state index contributed by atoms with van der Waals surface area (Å²) in [7, 11) is 0. The molecule has 4 heteroatoms. The van der Waals surface area contributed by atoms with E-state index in [1.807, 2.05) is 24.3 Å². The summed E-state index contributed by atoms with van der Waals surface area (Å²) in [6.07, 6.45) is 4.90. The van der Waals surface area contributed by atoms with Crippen molar-refractivity contribution in [3.63, 3.8) is 0 Å². The van der Waals surface area contributed by atoms with Crippen molar-refractivity contribution < 1.29 is 4.79 Å². The maximum atomic E-state index is 11.9. The Morgan fingerprint density at radius 1 is 1.21 bits per heavy atom. The smallest absolute Gasteiger partial charge is 0.252 e. The standard InChI is InChI=1S/C15H21BrN2O/c16-14-8-2-1-7-13(14)15(19)17-9-3-4-10-18-11-5-6-12-18/h1-2,7-8H,3-6,9-12H2,(H,17,19). The van der Waals surface area contributed by atoms with Crippen molar-refractivity contribution in [2.45, 2.75) is 25.7 Å². The maximum Gasteiger partial charge on any atom is 0.252 e. The van der Waals surface area contributed by atoms with Gasteiger partial charge in [0, 0.05) is 11.0 Å². The normalized spacial score (nSPS) is 15.6. The summed E-state index contributed by atoms with van der Waals surface area (Å²) in [6.45, 7) is 4.44. The van der Waals surface area contributed by atoms with Gasteiger partial charge >= 0.3 is 0 Å². The van der Waals surface area contributed by atoms with Crippen LogP contribution in [-0.2, 0) is 0 Å². The summed E-state index contributed by atoms with van der Waals surface area (Å²) < 4.78 is 0.851. The Balaban J connectivity index is 1.62. The molecule has 1 amide bonds. The van der Waals surface area contributed by atoms with Gasteiger partial charge in [-0.05, 0) is 73.4 Å². The number of hydrogen-bond acceptors (Lipinski definition) is 2. The van der Waals surface area contributed by atoms with Crippen LogP contribution in [0, 0.1) is 0 Å². The van der Waals surface area contributed by atoms with Crippen molar-refractivity contribution in [3.05, 3.63) is 34.3 Å². The fourth-order valence-corrected chi connectivity index (χ4v) is 2.87. The number of amides is 1. The van der Waals surface area contributed by atoms with E-state index < -0.39 is 0 Å². The van der Waals surface area contributed by atoms with Gasteiger partial charge < -0.3 is 10.2 Å². The van der Waals surface area contributed by atoms with E-state index in [9.17, 15) is 4.79 Å². The summed E-state index contributed by atoms with van der Waals surface area (Å²) in [4.78, 5) is 14.4. The van der Waals surface area contributed by atoms with Gasteiger partial charge in [-0.2, -0.15) is 0 Å². The van der Waals surface area contributed by atoms with E-state index in [1.54, 1.807) is 0 Å². The summed E-state index contributed by atoms with van der Waals surface area (Å²) >= 11 is 3.40. The molecular formula is C15H21BrN2O. The maximum absolute atomic E-state index is 11.9. The topological polar surface area (TPSA) is 32.3 Å². The number of rotatable bonds is 6. The number of carbonyl (C=O) groups is 1. The zero-order chi connectivity index (χ0) is 13.5. The van der Waals surface area contributed by atoms with Crippen LogP contribution < -0.4 is 5.32 Å². The average molecular weight is 325 g/mol. The van der Waals surface area contributed by atoms with Gasteiger partial charge in [-0.15, -0.1) is 0 Å². The molecule has 0 aliphatic carbocycles. The van der Waals surface area contributed by atoms with E-state index in [0.29, 0.717) is 5.56 Å². The molecule has 1 N–H and O–H groups in total. The lowest BCUT2D eigenvalue weighted by atomic mass is 10.2. The lowest BCUT2D eigenvalue weighted by Gasteiger charge is -2.14. The SMILES string of the molecule is O=C(NCCCCN1CCCC1)c1ccccc1Br. The van der Waals surface area contributed by atoms with E-state index in [1.165, 1.54) is 32.5 Å². The van der Waals surface area contributed by atoms with Gasteiger partial charge in [0.05, 0.1) is 5.56 Å². The molecule has 0 aromatic heterocycles. The fraction of sp³-hybridized carbons (Fsp3) is 0.533. The van der Waals surface area contributed by atoms with Crippen LogP contribution in [0.4, 0.5) is 0 Å². The van der Waals surface area contributed by atoms with Crippen LogP contribution in [0.2, 0.25) is 0 Å². The van der Waals surface area contributed by atoms with Crippen molar-refractivity contribution in [2.75, 3.05) is 26.2 Å². The highest BCUT2D eigenvalue weighted by atomic mass is 79.9. The molecule has 0 bridgehead atoms. The van der Waals surface area contributed by atoms with Crippen molar-refractivity contribution in [2.24, 2.45) is 0 Å². The Kier molecular flexibility index (Phi) is 5.86. The van der Waals surface area contributed by atoms with Crippen molar-refractivity contribution in [1.82, 2.24) is 10.2 Å². The Morgan fingerprint density at radius 2 is 1.95 bits per heavy atom. The van der Waals surface area contributed by atoms with Crippen LogP contribution in [0.5, 0.6) is 0 Å². The molecule has 0 spiro atoms. The fourth-order valence-electron chi connectivity index (χ4n) is 2.41. The number of halogens is 1. The summed E-state index contributed by atoms with van der Waals surface area (Å²) in [5.41, 5.74) is 0.710. The number of nitrogens with zero attached hydrogens (tertiary/aromatic N) is 1. The highest BCUT2D eigenvalue weighted by Crippen LogP contribution is 2.15. The summed E-state index contributed by atoms with van der Waals surface area (Å²) in [5.74, 6) is 0.00801. The average Bonchev–Trinajstić information content (AvgIpc) is 2.92. The van der Waals surface area contributed by atoms with Gasteiger partial charge in [-0.1, -0.05) is 12.1 Å². The molecule has 1 aliphatic rings. The Hall–Kier alpha value is -0.870. The molecule has 104 valence electrons. The molecule has 0 unspecified atom stereocenters. The number of likely N-dealkylation sites (tertiary alicyclic amines) is 1. The molecule has 19 heavy (non-hydrogen) atoms. The monoisotopic (exact) mass is 324 g/mol. The second kappa shape index (κ2) is 7.65. The minimum Gasteiger partial charge on any atom is -0.352 e. The lowest BCUT2D eigenvalue weighted by molar-refractivity contribution is 0.0952. The number of benzene rings is 1. The Bertz CT molecular complexity index is 416. The first kappa shape index (κ1) is 14.5. The van der Waals surface area contributed by atoms with Gasteiger partial charge in [0.15, 0.2) is 0 Å². The van der Waals surface area contributed by atoms with Crippen LogP contribution >= 0.6 is 15.9 Å². The molecule has 3 nitrogen and oxygen atoms in total. The van der Waals surface area contributed by atoms with E-state index in [-0.39, 0.29) is 5.91 Å². The number of carbonyl (C=O) groups excluding carboxylic acids is 1. The van der Waals surface area contributed by atoms with Crippen molar-refractivity contribution in [3.8, 4) is 0 Å². The number of hydrogen-bond donors (Lipinski definition) is 1. The molecule has 1 aromatic carbocycles. The third kappa shape index (κ3) is 4.62. The van der Waals surface area contributed by atoms with Gasteiger partial charge in [-0.3, -0.25) is 4.79 Å². The minimum absolute atomic E-state index is 0.00801. The predicted octanol–water partition coefficient (Wildman–Crippen LogP) is 3.05. The molecule has 1 aromatic rings. The third-order valence-electron chi connectivity index (χ3n) is 3.50. The first-order valence-electron chi connectivity index (χ1n) is 7.02. The minimum atomic E-state index is 0.00801. The summed E-state index contributed by atoms with van der Waals surface area (Å²) in [6, 6.07) is 7.52. The van der Waals surface area contributed by atoms with Crippen LogP contribution in [-0.4, -0.2) is 37.0 Å². The highest BCUT2D eigenvalue weighted by Gasteiger charge is 2.11. The number of nitrogens with one attached hydrogen (secondary N) is 1. The first-order chi connectivity index (χ1) is 9.27. The number of unbranched alkanes of at least 4 members (excludes halogenated alkanes) is 1. The third-order valence-corrected chi connectivity index (χ3v) is 4.20. The molecule has 1 heterocycles. The molecule has 0 saturated carbocycles. The molecule has 0 atom stereocenters. The van der Waals surface area contributed by atoms with E-state index in [0.717, 1.165) is 23.9 Å². The molecule has 1 saturated heterocycles. The van der Waals surface area contributed by atoms with Crippen molar-refractivity contribution in [1.29, 1.82) is 0 Å². The predicted molar refractivity (Wildman–Crippen MR) is 81.4 cm³/mol. The van der Waals surface area contributed by atoms with Gasteiger partial charge in [-0.25, -0.2) is 0 Å². The zero-order valence-corrected chi connectivity index (χ0v) is 12.8. The largest absolute Gasteiger partial charge is 0.352 e. The second-order valence-corrected chi connectivity index (χ2v) is 5.85. The van der Waals surface area contributed by atoms with Crippen molar-refractivity contribution >= 4 is 21.8 Å². The Labute approximate surface area is 123 Å². The summed E-state index contributed by atoms with van der Waals surface area (Å²) in [5, 5.41) is 2.98. The van der Waals surface area contributed by atoms with Crippen LogP contribution in [0.3, 0.4) is 0 Å². The quantitative estimate of drug-likeness (QED) is 0.816. The van der Waals surface area contributed by atoms with Crippen LogP contribution in [0.1, 0.15) is 36.0 Å². The second-order valence-electron chi connectivity index (χ2n) is 4.99. The van der Waals surface area contributed by atoms with Crippen LogP contribution in [0.25, 0.3) is 0 Å². The zero-order valence-electron chi connectivity index (χ0n) is 11.2. The molecule has 1 aliphatic heterocycles. The molecular weight excluding hydrogens is 304 g/mol. The Morgan fingerprint density at radius 3 is 2.68 bits per heavy atom. The lowest BCUT2D eigenvalue weighted by Crippen LogP contribution is -2.26.